The van der Waals surface area contributed by atoms with E-state index >= 15 is 0 Å². The number of rotatable bonds is 32. The second kappa shape index (κ2) is 43.1. The van der Waals surface area contributed by atoms with Crippen molar-refractivity contribution in [3.8, 4) is 0 Å². The number of carbonyl (C=O) groups is 2. The van der Waals surface area contributed by atoms with Gasteiger partial charge in [0.2, 0.25) is 0 Å². The molecule has 0 aliphatic heterocycles. The van der Waals surface area contributed by atoms with Crippen molar-refractivity contribution in [1.82, 2.24) is 0 Å². The molecule has 0 amide bonds. The van der Waals surface area contributed by atoms with Gasteiger partial charge in [0.1, 0.15) is 0 Å². The molecule has 0 rings (SSSR count). The summed E-state index contributed by atoms with van der Waals surface area (Å²) < 4.78 is 0. The topological polar surface area (TPSA) is 121 Å². The van der Waals surface area contributed by atoms with Crippen molar-refractivity contribution in [3.05, 3.63) is 0 Å². The molecule has 8 heteroatoms. The van der Waals surface area contributed by atoms with E-state index in [-0.39, 0.29) is 37.7 Å². The molecule has 0 aromatic carbocycles. The Labute approximate surface area is 297 Å². The van der Waals surface area contributed by atoms with Gasteiger partial charge in [0, 0.05) is 0 Å². The molecule has 0 aliphatic carbocycles. The summed E-state index contributed by atoms with van der Waals surface area (Å²) in [5.74, 6) is -2.69. The molecule has 0 aliphatic rings. The largest absolute Gasteiger partial charge is 1.00 e. The fraction of sp³-hybridized carbons (Fsp3) is 0.944. The first-order chi connectivity index (χ1) is 20.4. The molecular formula is C36H70Li2O6. The maximum absolute atomic E-state index is 10.3. The number of hydrogen-bond acceptors (Lipinski definition) is 6. The number of carbonyl (C=O) groups excluding carboxylic acids is 2. The second-order valence-corrected chi connectivity index (χ2v) is 12.4. The molecule has 0 bridgehead atoms. The van der Waals surface area contributed by atoms with Gasteiger partial charge in [-0.05, 0) is 12.8 Å². The predicted molar refractivity (Wildman–Crippen MR) is 172 cm³/mol. The Morgan fingerprint density at radius 2 is 0.545 bits per heavy atom. The minimum Gasteiger partial charge on any atom is -0.547 e. The van der Waals surface area contributed by atoms with Gasteiger partial charge in [0.15, 0.2) is 0 Å². The summed E-state index contributed by atoms with van der Waals surface area (Å²) in [5.41, 5.74) is 0. The number of carboxylic acid groups (broad SMARTS) is 2. The van der Waals surface area contributed by atoms with Crippen LogP contribution in [0.1, 0.15) is 206 Å². The van der Waals surface area contributed by atoms with E-state index in [0.29, 0.717) is 12.8 Å². The van der Waals surface area contributed by atoms with E-state index in [4.69, 9.17) is 10.2 Å². The Kier molecular flexibility index (Phi) is 49.8. The van der Waals surface area contributed by atoms with Gasteiger partial charge >= 0.3 is 37.7 Å². The molecule has 2 N–H and O–H groups in total. The van der Waals surface area contributed by atoms with Gasteiger partial charge in [-0.2, -0.15) is 0 Å². The number of aliphatic hydroxyl groups excluding tert-OH is 2. The zero-order chi connectivity index (χ0) is 31.5. The first-order valence-electron chi connectivity index (χ1n) is 18.1. The Morgan fingerprint density at radius 3 is 0.705 bits per heavy atom. The van der Waals surface area contributed by atoms with Crippen LogP contribution in [-0.4, -0.2) is 34.4 Å². The van der Waals surface area contributed by atoms with E-state index in [0.717, 1.165) is 38.5 Å². The molecule has 0 fully saturated rings. The summed E-state index contributed by atoms with van der Waals surface area (Å²) in [6.07, 6.45) is 33.9. The molecule has 0 aromatic rings. The zero-order valence-corrected chi connectivity index (χ0v) is 29.9. The maximum Gasteiger partial charge on any atom is 1.00 e. The zero-order valence-electron chi connectivity index (χ0n) is 29.9. The molecule has 252 valence electrons. The maximum atomic E-state index is 10.3. The second-order valence-electron chi connectivity index (χ2n) is 12.4. The summed E-state index contributed by atoms with van der Waals surface area (Å²) in [6.45, 7) is 4.51. The normalized spacial score (nSPS) is 11.9. The summed E-state index contributed by atoms with van der Waals surface area (Å²) in [5, 5.41) is 38.7. The van der Waals surface area contributed by atoms with Crippen LogP contribution in [0.25, 0.3) is 0 Å². The van der Waals surface area contributed by atoms with E-state index in [2.05, 4.69) is 13.8 Å². The summed E-state index contributed by atoms with van der Waals surface area (Å²) in [6, 6.07) is 0. The van der Waals surface area contributed by atoms with Crippen LogP contribution in [0.5, 0.6) is 0 Å². The summed E-state index contributed by atoms with van der Waals surface area (Å²) in [4.78, 5) is 20.6. The molecule has 0 aromatic heterocycles. The van der Waals surface area contributed by atoms with Crippen molar-refractivity contribution in [2.75, 3.05) is 0 Å². The molecule has 0 heterocycles. The summed E-state index contributed by atoms with van der Waals surface area (Å²) >= 11 is 0. The number of hydrogen-bond donors (Lipinski definition) is 2. The van der Waals surface area contributed by atoms with Gasteiger partial charge in [-0.25, -0.2) is 0 Å². The van der Waals surface area contributed by atoms with Gasteiger partial charge in [-0.15, -0.1) is 0 Å². The van der Waals surface area contributed by atoms with Crippen LogP contribution in [0.15, 0.2) is 0 Å². The molecular weight excluding hydrogens is 542 g/mol. The predicted octanol–water partition coefficient (Wildman–Crippen LogP) is 1.95. The van der Waals surface area contributed by atoms with E-state index in [1.54, 1.807) is 0 Å². The van der Waals surface area contributed by atoms with E-state index in [1.807, 2.05) is 0 Å². The molecule has 0 saturated heterocycles. The van der Waals surface area contributed by atoms with E-state index in [1.165, 1.54) is 141 Å². The van der Waals surface area contributed by atoms with Crippen LogP contribution in [0.4, 0.5) is 0 Å². The van der Waals surface area contributed by atoms with Gasteiger partial charge in [-0.1, -0.05) is 194 Å². The van der Waals surface area contributed by atoms with E-state index < -0.39 is 24.1 Å². The Morgan fingerprint density at radius 1 is 0.386 bits per heavy atom. The minimum absolute atomic E-state index is 0. The average Bonchev–Trinajstić information content (AvgIpc) is 2.97. The number of carboxylic acids is 2. The summed E-state index contributed by atoms with van der Waals surface area (Å²) in [7, 11) is 0. The van der Waals surface area contributed by atoms with Crippen molar-refractivity contribution in [2.45, 2.75) is 219 Å². The Hall–Kier alpha value is 0.0548. The fourth-order valence-electron chi connectivity index (χ4n) is 5.30. The minimum atomic E-state index is -1.34. The quantitative estimate of drug-likeness (QED) is 0.0885. The third-order valence-electron chi connectivity index (χ3n) is 8.21. The standard InChI is InChI=1S/2C18H36O3.2Li/c2*1-2-3-4-5-6-7-8-9-10-11-12-13-14-15-16-17(19)18(20)21;;/h2*17,19H,2-16H2,1H3,(H,20,21);;/q;;2*+1/p-2. The number of aliphatic hydroxyl groups is 2. The smallest absolute Gasteiger partial charge is 0.547 e. The first-order valence-corrected chi connectivity index (χ1v) is 18.1. The van der Waals surface area contributed by atoms with Crippen LogP contribution in [-0.2, 0) is 9.59 Å². The SMILES string of the molecule is CCCCCCCCCCCCCCCCC(O)C(=O)[O-].CCCCCCCCCCCCCCCCC(O)C(=O)[O-].[Li+].[Li+]. The monoisotopic (exact) mass is 613 g/mol. The van der Waals surface area contributed by atoms with Gasteiger partial charge in [0.05, 0.1) is 24.1 Å². The van der Waals surface area contributed by atoms with Crippen LogP contribution in [0.2, 0.25) is 0 Å². The molecule has 2 unspecified atom stereocenters. The van der Waals surface area contributed by atoms with Crippen LogP contribution >= 0.6 is 0 Å². The molecule has 6 nitrogen and oxygen atoms in total. The molecule has 2 atom stereocenters. The van der Waals surface area contributed by atoms with E-state index in [9.17, 15) is 19.8 Å². The van der Waals surface area contributed by atoms with Gasteiger partial charge in [-0.3, -0.25) is 0 Å². The van der Waals surface area contributed by atoms with Crippen LogP contribution in [0.3, 0.4) is 0 Å². The molecule has 0 radical (unpaired) electrons. The number of aliphatic carboxylic acids is 2. The van der Waals surface area contributed by atoms with Crippen molar-refractivity contribution in [2.24, 2.45) is 0 Å². The van der Waals surface area contributed by atoms with Crippen molar-refractivity contribution in [3.63, 3.8) is 0 Å². The van der Waals surface area contributed by atoms with Crippen molar-refractivity contribution >= 4 is 11.9 Å². The number of unbranched alkanes of at least 4 members (excludes halogenated alkanes) is 26. The molecule has 44 heavy (non-hydrogen) atoms. The van der Waals surface area contributed by atoms with Crippen molar-refractivity contribution in [1.29, 1.82) is 0 Å². The Balaban J connectivity index is -0.000000348. The third kappa shape index (κ3) is 44.2. The van der Waals surface area contributed by atoms with Crippen LogP contribution in [0, 0.1) is 0 Å². The van der Waals surface area contributed by atoms with Crippen LogP contribution < -0.4 is 47.9 Å². The van der Waals surface area contributed by atoms with Gasteiger partial charge in [0.25, 0.3) is 0 Å². The van der Waals surface area contributed by atoms with Crippen molar-refractivity contribution < 1.29 is 67.7 Å². The third-order valence-corrected chi connectivity index (χ3v) is 8.21. The average molecular weight is 613 g/mol. The molecule has 0 spiro atoms. The fourth-order valence-corrected chi connectivity index (χ4v) is 5.30. The molecule has 0 saturated carbocycles. The Bertz CT molecular complexity index is 517. The first kappa shape index (κ1) is 50.9. The van der Waals surface area contributed by atoms with Gasteiger partial charge < -0.3 is 30.0 Å².